The number of rotatable bonds is 5. The second-order valence-corrected chi connectivity index (χ2v) is 4.97. The van der Waals surface area contributed by atoms with Crippen molar-refractivity contribution in [2.45, 2.75) is 20.8 Å². The first kappa shape index (κ1) is 15.5. The van der Waals surface area contributed by atoms with Gasteiger partial charge in [-0.25, -0.2) is 0 Å². The number of methoxy groups -OCH3 is 1. The number of likely N-dealkylation sites (N-methyl/N-ethyl adjacent to an activating group) is 1. The van der Waals surface area contributed by atoms with Crippen LogP contribution in [0, 0.1) is 6.92 Å². The van der Waals surface area contributed by atoms with Gasteiger partial charge in [0.05, 0.1) is 7.11 Å². The summed E-state index contributed by atoms with van der Waals surface area (Å²) in [6.07, 6.45) is 0. The Hall–Kier alpha value is -1.55. The van der Waals surface area contributed by atoms with Crippen LogP contribution in [0.5, 0.6) is 5.75 Å². The van der Waals surface area contributed by atoms with Crippen molar-refractivity contribution < 1.29 is 4.74 Å². The van der Waals surface area contributed by atoms with Crippen LogP contribution in [0.25, 0.3) is 0 Å². The van der Waals surface area contributed by atoms with Gasteiger partial charge >= 0.3 is 0 Å². The summed E-state index contributed by atoms with van der Waals surface area (Å²) in [5, 5.41) is 4.00. The van der Waals surface area contributed by atoms with Gasteiger partial charge in [0, 0.05) is 18.8 Å². The van der Waals surface area contributed by atoms with Gasteiger partial charge in [0.1, 0.15) is 5.75 Å². The van der Waals surface area contributed by atoms with Crippen molar-refractivity contribution in [1.82, 2.24) is 4.90 Å². The fourth-order valence-electron chi connectivity index (χ4n) is 1.75. The Bertz CT molecular complexity index is 471. The Kier molecular flexibility index (Phi) is 5.83. The lowest BCUT2D eigenvalue weighted by Crippen LogP contribution is -2.35. The van der Waals surface area contributed by atoms with E-state index in [4.69, 9.17) is 17.0 Å². The zero-order valence-electron chi connectivity index (χ0n) is 12.1. The summed E-state index contributed by atoms with van der Waals surface area (Å²) in [7, 11) is 1.66. The minimum absolute atomic E-state index is 0.721. The van der Waals surface area contributed by atoms with Crippen LogP contribution in [0.1, 0.15) is 19.4 Å². The Morgan fingerprint density at radius 3 is 2.63 bits per heavy atom. The molecule has 0 aliphatic rings. The molecule has 0 bridgehead atoms. The first-order valence-electron chi connectivity index (χ1n) is 6.32. The van der Waals surface area contributed by atoms with Crippen LogP contribution in [0.2, 0.25) is 0 Å². The normalized spacial score (nSPS) is 9.89. The third-order valence-corrected chi connectivity index (χ3v) is 3.17. The number of aryl methyl sites for hydroxylation is 1. The second kappa shape index (κ2) is 7.14. The molecular formula is C15H22N2OS. The van der Waals surface area contributed by atoms with E-state index in [1.807, 2.05) is 32.0 Å². The largest absolute Gasteiger partial charge is 0.497 e. The van der Waals surface area contributed by atoms with Crippen molar-refractivity contribution in [3.05, 3.63) is 35.9 Å². The predicted molar refractivity (Wildman–Crippen MR) is 86.0 cm³/mol. The van der Waals surface area contributed by atoms with Crippen LogP contribution >= 0.6 is 12.2 Å². The van der Waals surface area contributed by atoms with E-state index in [-0.39, 0.29) is 0 Å². The van der Waals surface area contributed by atoms with Crippen molar-refractivity contribution in [2.24, 2.45) is 0 Å². The quantitative estimate of drug-likeness (QED) is 0.657. The zero-order chi connectivity index (χ0) is 14.4. The molecule has 0 saturated carbocycles. The monoisotopic (exact) mass is 278 g/mol. The van der Waals surface area contributed by atoms with Gasteiger partial charge in [0.2, 0.25) is 0 Å². The standard InChI is InChI=1S/C15H22N2OS/c1-6-17(10-11(2)3)15(19)16-14-8-7-13(18-5)9-12(14)4/h7-9H,2,6,10H2,1,3-5H3,(H,16,19). The molecule has 1 rings (SSSR count). The number of thiocarbonyl (C=S) groups is 1. The van der Waals surface area contributed by atoms with Gasteiger partial charge in [-0.15, -0.1) is 0 Å². The molecule has 0 unspecified atom stereocenters. The molecule has 104 valence electrons. The smallest absolute Gasteiger partial charge is 0.173 e. The van der Waals surface area contributed by atoms with Crippen molar-refractivity contribution in [2.75, 3.05) is 25.5 Å². The van der Waals surface area contributed by atoms with Gasteiger partial charge in [-0.1, -0.05) is 12.2 Å². The van der Waals surface area contributed by atoms with Crippen LogP contribution in [-0.2, 0) is 0 Å². The average Bonchev–Trinajstić information content (AvgIpc) is 2.37. The molecule has 0 fully saturated rings. The highest BCUT2D eigenvalue weighted by molar-refractivity contribution is 7.80. The van der Waals surface area contributed by atoms with Crippen LogP contribution in [-0.4, -0.2) is 30.2 Å². The molecule has 4 heteroatoms. The molecule has 0 atom stereocenters. The Labute approximate surface area is 121 Å². The maximum Gasteiger partial charge on any atom is 0.173 e. The van der Waals surface area contributed by atoms with Crippen LogP contribution in [0.15, 0.2) is 30.4 Å². The molecule has 0 amide bonds. The van der Waals surface area contributed by atoms with E-state index in [1.165, 1.54) is 0 Å². The first-order chi connectivity index (χ1) is 8.97. The number of nitrogens with zero attached hydrogens (tertiary/aromatic N) is 1. The highest BCUT2D eigenvalue weighted by atomic mass is 32.1. The highest BCUT2D eigenvalue weighted by Gasteiger charge is 2.09. The molecule has 1 aromatic carbocycles. The fraction of sp³-hybridized carbons (Fsp3) is 0.400. The lowest BCUT2D eigenvalue weighted by Gasteiger charge is -2.25. The van der Waals surface area contributed by atoms with Gasteiger partial charge < -0.3 is 15.0 Å². The predicted octanol–water partition coefficient (Wildman–Crippen LogP) is 3.60. The molecule has 0 aliphatic heterocycles. The minimum atomic E-state index is 0.721. The van der Waals surface area contributed by atoms with E-state index in [9.17, 15) is 0 Å². The molecule has 0 radical (unpaired) electrons. The molecule has 0 aromatic heterocycles. The van der Waals surface area contributed by atoms with E-state index >= 15 is 0 Å². The number of ether oxygens (including phenoxy) is 1. The number of hydrogen-bond acceptors (Lipinski definition) is 2. The molecule has 0 saturated heterocycles. The Balaban J connectivity index is 2.78. The van der Waals surface area contributed by atoms with Crippen molar-refractivity contribution in [3.8, 4) is 5.75 Å². The minimum Gasteiger partial charge on any atom is -0.497 e. The zero-order valence-corrected chi connectivity index (χ0v) is 12.9. The summed E-state index contributed by atoms with van der Waals surface area (Å²) in [5.74, 6) is 0.850. The topological polar surface area (TPSA) is 24.5 Å². The first-order valence-corrected chi connectivity index (χ1v) is 6.73. The van der Waals surface area contributed by atoms with E-state index in [1.54, 1.807) is 7.11 Å². The summed E-state index contributed by atoms with van der Waals surface area (Å²) in [4.78, 5) is 2.08. The van der Waals surface area contributed by atoms with Crippen LogP contribution in [0.3, 0.4) is 0 Å². The van der Waals surface area contributed by atoms with Gasteiger partial charge in [-0.05, 0) is 56.8 Å². The van der Waals surface area contributed by atoms with Gasteiger partial charge in [0.25, 0.3) is 0 Å². The maximum absolute atomic E-state index is 5.44. The van der Waals surface area contributed by atoms with E-state index in [2.05, 4.69) is 23.7 Å². The summed E-state index contributed by atoms with van der Waals surface area (Å²) in [6, 6.07) is 5.89. The third-order valence-electron chi connectivity index (χ3n) is 2.80. The Morgan fingerprint density at radius 1 is 1.47 bits per heavy atom. The van der Waals surface area contributed by atoms with Gasteiger partial charge in [-0.3, -0.25) is 0 Å². The number of hydrogen-bond donors (Lipinski definition) is 1. The summed E-state index contributed by atoms with van der Waals surface area (Å²) in [5.41, 5.74) is 3.21. The number of anilines is 1. The van der Waals surface area contributed by atoms with E-state index < -0.39 is 0 Å². The van der Waals surface area contributed by atoms with Crippen molar-refractivity contribution in [1.29, 1.82) is 0 Å². The van der Waals surface area contributed by atoms with Crippen molar-refractivity contribution >= 4 is 23.0 Å². The molecule has 0 aliphatic carbocycles. The summed E-state index contributed by atoms with van der Waals surface area (Å²) < 4.78 is 5.19. The molecule has 3 nitrogen and oxygen atoms in total. The number of nitrogens with one attached hydrogen (secondary N) is 1. The molecule has 0 spiro atoms. The SMILES string of the molecule is C=C(C)CN(CC)C(=S)Nc1ccc(OC)cc1C. The lowest BCUT2D eigenvalue weighted by atomic mass is 10.2. The van der Waals surface area contributed by atoms with E-state index in [0.29, 0.717) is 0 Å². The van der Waals surface area contributed by atoms with Crippen molar-refractivity contribution in [3.63, 3.8) is 0 Å². The molecule has 19 heavy (non-hydrogen) atoms. The van der Waals surface area contributed by atoms with E-state index in [0.717, 1.165) is 40.8 Å². The van der Waals surface area contributed by atoms with Gasteiger partial charge in [0.15, 0.2) is 5.11 Å². The summed E-state index contributed by atoms with van der Waals surface area (Å²) >= 11 is 5.44. The molecule has 1 aromatic rings. The summed E-state index contributed by atoms with van der Waals surface area (Å²) in [6.45, 7) is 11.7. The second-order valence-electron chi connectivity index (χ2n) is 4.58. The molecule has 0 heterocycles. The third kappa shape index (κ3) is 4.56. The lowest BCUT2D eigenvalue weighted by molar-refractivity contribution is 0.414. The fourth-order valence-corrected chi connectivity index (χ4v) is 2.05. The van der Waals surface area contributed by atoms with Crippen LogP contribution < -0.4 is 10.1 Å². The van der Waals surface area contributed by atoms with Gasteiger partial charge in [-0.2, -0.15) is 0 Å². The molecular weight excluding hydrogens is 256 g/mol. The molecule has 1 N–H and O–H groups in total. The highest BCUT2D eigenvalue weighted by Crippen LogP contribution is 2.21. The number of benzene rings is 1. The average molecular weight is 278 g/mol. The maximum atomic E-state index is 5.44. The Morgan fingerprint density at radius 2 is 2.16 bits per heavy atom. The van der Waals surface area contributed by atoms with Crippen LogP contribution in [0.4, 0.5) is 5.69 Å².